The number of halogens is 3. The van der Waals surface area contributed by atoms with Crippen molar-refractivity contribution in [2.45, 2.75) is 32.0 Å². The van der Waals surface area contributed by atoms with Gasteiger partial charge in [0.1, 0.15) is 0 Å². The summed E-state index contributed by atoms with van der Waals surface area (Å²) in [4.78, 5) is 4.49. The number of hydrogen-bond acceptors (Lipinski definition) is 1. The number of aryl methyl sites for hydroxylation is 1. The first-order valence-corrected chi connectivity index (χ1v) is 8.05. The summed E-state index contributed by atoms with van der Waals surface area (Å²) >= 11 is 0. The van der Waals surface area contributed by atoms with Crippen molar-refractivity contribution >= 4 is 10.9 Å². The van der Waals surface area contributed by atoms with Crippen LogP contribution in [0.2, 0.25) is 0 Å². The van der Waals surface area contributed by atoms with Crippen LogP contribution in [0, 0.1) is 12.8 Å². The molecular formula is C19H17F3N2. The van der Waals surface area contributed by atoms with Crippen LogP contribution in [-0.4, -0.2) is 9.55 Å². The van der Waals surface area contributed by atoms with Crippen LogP contribution in [0.1, 0.15) is 35.7 Å². The SMILES string of the molecule is Cc1cccnc1C(C1CC1)n1ccc2cccc(C(F)(F)F)c21. The summed E-state index contributed by atoms with van der Waals surface area (Å²) in [6.07, 6.45) is 1.16. The van der Waals surface area contributed by atoms with Crippen LogP contribution in [-0.2, 0) is 6.18 Å². The Morgan fingerprint density at radius 1 is 1.12 bits per heavy atom. The van der Waals surface area contributed by atoms with Gasteiger partial charge in [0.2, 0.25) is 0 Å². The lowest BCUT2D eigenvalue weighted by molar-refractivity contribution is -0.136. The maximum Gasteiger partial charge on any atom is 0.418 e. The zero-order valence-corrected chi connectivity index (χ0v) is 13.2. The maximum absolute atomic E-state index is 13.5. The Hall–Kier alpha value is -2.30. The van der Waals surface area contributed by atoms with Crippen molar-refractivity contribution in [3.05, 3.63) is 65.6 Å². The Bertz CT molecular complexity index is 891. The van der Waals surface area contributed by atoms with Gasteiger partial charge in [0.15, 0.2) is 0 Å². The lowest BCUT2D eigenvalue weighted by atomic mass is 10.0. The van der Waals surface area contributed by atoms with Crippen molar-refractivity contribution in [3.8, 4) is 0 Å². The monoisotopic (exact) mass is 330 g/mol. The standard InChI is InChI=1S/C19H17F3N2/c1-12-4-3-10-23-16(12)18(14-7-8-14)24-11-9-13-5-2-6-15(17(13)24)19(20,21)22/h2-6,9-11,14,18H,7-8H2,1H3. The fourth-order valence-electron chi connectivity index (χ4n) is 3.48. The van der Waals surface area contributed by atoms with E-state index in [0.29, 0.717) is 11.3 Å². The zero-order valence-electron chi connectivity index (χ0n) is 13.2. The van der Waals surface area contributed by atoms with Gasteiger partial charge in [-0.15, -0.1) is 0 Å². The number of nitrogens with zero attached hydrogens (tertiary/aromatic N) is 2. The third-order valence-electron chi connectivity index (χ3n) is 4.74. The van der Waals surface area contributed by atoms with Gasteiger partial charge in [0, 0.05) is 17.8 Å². The predicted molar refractivity (Wildman–Crippen MR) is 86.8 cm³/mol. The van der Waals surface area contributed by atoms with Crippen molar-refractivity contribution in [3.63, 3.8) is 0 Å². The van der Waals surface area contributed by atoms with Crippen LogP contribution in [0.4, 0.5) is 13.2 Å². The first-order valence-electron chi connectivity index (χ1n) is 8.05. The first-order chi connectivity index (χ1) is 11.5. The highest BCUT2D eigenvalue weighted by Gasteiger charge is 2.39. The first kappa shape index (κ1) is 15.2. The Morgan fingerprint density at radius 3 is 2.58 bits per heavy atom. The average molecular weight is 330 g/mol. The second kappa shape index (κ2) is 5.36. The van der Waals surface area contributed by atoms with Gasteiger partial charge < -0.3 is 4.57 Å². The molecule has 1 atom stereocenters. The topological polar surface area (TPSA) is 17.8 Å². The molecule has 124 valence electrons. The molecule has 1 aliphatic rings. The van der Waals surface area contributed by atoms with Gasteiger partial charge in [-0.2, -0.15) is 13.2 Å². The molecule has 2 aromatic heterocycles. The van der Waals surface area contributed by atoms with Crippen molar-refractivity contribution in [2.75, 3.05) is 0 Å². The summed E-state index contributed by atoms with van der Waals surface area (Å²) in [6.45, 7) is 1.97. The lowest BCUT2D eigenvalue weighted by Crippen LogP contribution is -2.17. The molecule has 0 spiro atoms. The van der Waals surface area contributed by atoms with Gasteiger partial charge in [0.25, 0.3) is 0 Å². The van der Waals surface area contributed by atoms with E-state index in [0.717, 1.165) is 30.2 Å². The second-order valence-electron chi connectivity index (χ2n) is 6.45. The molecule has 0 amide bonds. The summed E-state index contributed by atoms with van der Waals surface area (Å²) < 4.78 is 42.3. The predicted octanol–water partition coefficient (Wildman–Crippen LogP) is 5.36. The maximum atomic E-state index is 13.5. The number of para-hydroxylation sites is 1. The minimum atomic E-state index is -4.37. The number of aromatic nitrogens is 2. The molecule has 0 saturated heterocycles. The van der Waals surface area contributed by atoms with Gasteiger partial charge in [-0.3, -0.25) is 4.98 Å². The molecule has 0 bridgehead atoms. The average Bonchev–Trinajstić information content (AvgIpc) is 3.28. The van der Waals surface area contributed by atoms with Gasteiger partial charge in [-0.1, -0.05) is 18.2 Å². The van der Waals surface area contributed by atoms with Gasteiger partial charge in [-0.05, 0) is 49.4 Å². The zero-order chi connectivity index (χ0) is 16.9. The Morgan fingerprint density at radius 2 is 1.92 bits per heavy atom. The summed E-state index contributed by atoms with van der Waals surface area (Å²) in [5, 5.41) is 0.615. The number of rotatable bonds is 3. The molecule has 2 heterocycles. The molecule has 1 aliphatic carbocycles. The fraction of sp³-hybridized carbons (Fsp3) is 0.316. The van der Waals surface area contributed by atoms with Crippen molar-refractivity contribution in [2.24, 2.45) is 5.92 Å². The molecule has 4 rings (SSSR count). The molecule has 0 radical (unpaired) electrons. The number of hydrogen-bond donors (Lipinski definition) is 0. The van der Waals surface area contributed by atoms with Crippen molar-refractivity contribution in [1.29, 1.82) is 0 Å². The molecule has 24 heavy (non-hydrogen) atoms. The van der Waals surface area contributed by atoms with E-state index in [4.69, 9.17) is 0 Å². The number of alkyl halides is 3. The van der Waals surface area contributed by atoms with Crippen LogP contribution in [0.15, 0.2) is 48.8 Å². The molecule has 0 aliphatic heterocycles. The Labute approximate surface area is 137 Å². The molecule has 3 aromatic rings. The van der Waals surface area contributed by atoms with E-state index in [1.165, 1.54) is 6.07 Å². The highest BCUT2D eigenvalue weighted by atomic mass is 19.4. The normalized spacial score (nSPS) is 16.5. The molecule has 1 aromatic carbocycles. The minimum absolute atomic E-state index is 0.146. The second-order valence-corrected chi connectivity index (χ2v) is 6.45. The van der Waals surface area contributed by atoms with E-state index in [1.807, 2.05) is 19.1 Å². The van der Waals surface area contributed by atoms with E-state index < -0.39 is 11.7 Å². The summed E-state index contributed by atoms with van der Waals surface area (Å²) in [7, 11) is 0. The third kappa shape index (κ3) is 2.48. The van der Waals surface area contributed by atoms with Gasteiger partial charge >= 0.3 is 6.18 Å². The van der Waals surface area contributed by atoms with E-state index in [1.54, 1.807) is 29.1 Å². The fourth-order valence-corrected chi connectivity index (χ4v) is 3.48. The Balaban J connectivity index is 1.96. The molecular weight excluding hydrogens is 313 g/mol. The van der Waals surface area contributed by atoms with E-state index >= 15 is 0 Å². The van der Waals surface area contributed by atoms with Crippen LogP contribution in [0.3, 0.4) is 0 Å². The van der Waals surface area contributed by atoms with E-state index in [-0.39, 0.29) is 11.6 Å². The summed E-state index contributed by atoms with van der Waals surface area (Å²) in [5.74, 6) is 0.343. The van der Waals surface area contributed by atoms with Gasteiger partial charge in [-0.25, -0.2) is 0 Å². The van der Waals surface area contributed by atoms with Crippen LogP contribution in [0.25, 0.3) is 10.9 Å². The summed E-state index contributed by atoms with van der Waals surface area (Å²) in [5.41, 5.74) is 1.56. The highest BCUT2D eigenvalue weighted by molar-refractivity contribution is 5.84. The minimum Gasteiger partial charge on any atom is -0.338 e. The molecule has 1 fully saturated rings. The number of fused-ring (bicyclic) bond motifs is 1. The largest absolute Gasteiger partial charge is 0.418 e. The third-order valence-corrected chi connectivity index (χ3v) is 4.74. The molecule has 1 saturated carbocycles. The molecule has 0 N–H and O–H groups in total. The van der Waals surface area contributed by atoms with Crippen molar-refractivity contribution < 1.29 is 13.2 Å². The Kier molecular flexibility index (Phi) is 3.41. The molecule has 1 unspecified atom stereocenters. The molecule has 2 nitrogen and oxygen atoms in total. The number of pyridine rings is 1. The summed E-state index contributed by atoms with van der Waals surface area (Å²) in [6, 6.07) is 9.80. The van der Waals surface area contributed by atoms with Gasteiger partial charge in [0.05, 0.1) is 22.8 Å². The van der Waals surface area contributed by atoms with Crippen molar-refractivity contribution in [1.82, 2.24) is 9.55 Å². The van der Waals surface area contributed by atoms with E-state index in [9.17, 15) is 13.2 Å². The highest BCUT2D eigenvalue weighted by Crippen LogP contribution is 2.46. The smallest absolute Gasteiger partial charge is 0.338 e. The van der Waals surface area contributed by atoms with E-state index in [2.05, 4.69) is 4.98 Å². The van der Waals surface area contributed by atoms with Crippen LogP contribution in [0.5, 0.6) is 0 Å². The molecule has 5 heteroatoms. The van der Waals surface area contributed by atoms with Crippen LogP contribution < -0.4 is 0 Å². The number of benzene rings is 1. The van der Waals surface area contributed by atoms with Crippen LogP contribution >= 0.6 is 0 Å². The lowest BCUT2D eigenvalue weighted by Gasteiger charge is -2.22. The quantitative estimate of drug-likeness (QED) is 0.632.